The summed E-state index contributed by atoms with van der Waals surface area (Å²) in [5.41, 5.74) is -1.41. The third-order valence-electron chi connectivity index (χ3n) is 9.27. The summed E-state index contributed by atoms with van der Waals surface area (Å²) < 4.78 is 81.6. The fourth-order valence-electron chi connectivity index (χ4n) is 7.11. The molecule has 3 N–H and O–H groups in total. The van der Waals surface area contributed by atoms with E-state index in [4.69, 9.17) is 0 Å². The third-order valence-corrected chi connectivity index (χ3v) is 9.27. The fraction of sp³-hybridized carbons (Fsp3) is 0.389. The number of alkyl halides is 6. The molecule has 12 heteroatoms. The van der Waals surface area contributed by atoms with Crippen molar-refractivity contribution >= 4 is 34.4 Å². The molecule has 1 heterocycles. The number of nitrogens with zero attached hydrogens (tertiary/aromatic N) is 1. The van der Waals surface area contributed by atoms with E-state index in [1.54, 1.807) is 18.2 Å². The molecule has 6 nitrogen and oxygen atoms in total. The fourth-order valence-corrected chi connectivity index (χ4v) is 7.11. The second-order valence-corrected chi connectivity index (χ2v) is 12.5. The van der Waals surface area contributed by atoms with Crippen molar-refractivity contribution in [3.05, 3.63) is 88.0 Å². The highest BCUT2D eigenvalue weighted by Crippen LogP contribution is 2.49. The zero-order chi connectivity index (χ0) is 35.1. The molecule has 0 saturated carbocycles. The SMILES string of the molecule is CCCC1=C([C@H](O)CC/C(C)=C/c2ccc(O)c3ccccc23)[C@H](CO)[C@@H]2C(=O)N(c3cc(C(F)(F)F)cc(C(F)(F)F)c3)C(=O)[C@@H]2C1. The minimum atomic E-state index is -5.18. The number of hydrogen-bond acceptors (Lipinski definition) is 5. The van der Waals surface area contributed by atoms with E-state index in [2.05, 4.69) is 0 Å². The summed E-state index contributed by atoms with van der Waals surface area (Å²) in [6.07, 6.45) is -8.04. The molecule has 256 valence electrons. The van der Waals surface area contributed by atoms with Crippen LogP contribution in [0.1, 0.15) is 62.6 Å². The number of allylic oxidation sites excluding steroid dienone is 2. The van der Waals surface area contributed by atoms with Crippen molar-refractivity contribution < 1.29 is 51.3 Å². The molecule has 0 aromatic heterocycles. The van der Waals surface area contributed by atoms with E-state index in [0.29, 0.717) is 52.8 Å². The van der Waals surface area contributed by atoms with E-state index in [1.807, 2.05) is 38.1 Å². The molecule has 1 fully saturated rings. The van der Waals surface area contributed by atoms with Gasteiger partial charge in [0.2, 0.25) is 11.8 Å². The van der Waals surface area contributed by atoms with E-state index in [9.17, 15) is 51.3 Å². The summed E-state index contributed by atoms with van der Waals surface area (Å²) in [5, 5.41) is 33.8. The lowest BCUT2D eigenvalue weighted by Crippen LogP contribution is -2.39. The zero-order valence-corrected chi connectivity index (χ0v) is 26.2. The number of aromatic hydroxyl groups is 1. The number of fused-ring (bicyclic) bond motifs is 2. The van der Waals surface area contributed by atoms with Crippen LogP contribution in [0.3, 0.4) is 0 Å². The molecule has 2 aliphatic rings. The number of amides is 2. The van der Waals surface area contributed by atoms with Gasteiger partial charge in [-0.05, 0) is 73.4 Å². The van der Waals surface area contributed by atoms with Gasteiger partial charge in [-0.2, -0.15) is 26.3 Å². The Hall–Kier alpha value is -4.16. The lowest BCUT2D eigenvalue weighted by atomic mass is 9.67. The highest BCUT2D eigenvalue weighted by Gasteiger charge is 2.55. The van der Waals surface area contributed by atoms with Gasteiger partial charge in [0.15, 0.2) is 0 Å². The lowest BCUT2D eigenvalue weighted by molar-refractivity contribution is -0.143. The Balaban J connectivity index is 1.44. The van der Waals surface area contributed by atoms with Crippen LogP contribution in [0.15, 0.2) is 71.3 Å². The van der Waals surface area contributed by atoms with Gasteiger partial charge in [0, 0.05) is 11.3 Å². The smallest absolute Gasteiger partial charge is 0.416 e. The maximum absolute atomic E-state index is 13.8. The second kappa shape index (κ2) is 13.4. The van der Waals surface area contributed by atoms with Gasteiger partial charge in [0.25, 0.3) is 0 Å². The molecular weight excluding hydrogens is 640 g/mol. The van der Waals surface area contributed by atoms with Crippen LogP contribution in [0.2, 0.25) is 0 Å². The molecular formula is C36H35F6NO5. The van der Waals surface area contributed by atoms with Gasteiger partial charge in [0.1, 0.15) is 5.75 Å². The third kappa shape index (κ3) is 6.73. The molecule has 3 aromatic rings. The first kappa shape index (κ1) is 35.2. The molecule has 3 aromatic carbocycles. The number of phenols is 1. The normalized spacial score (nSPS) is 21.3. The first-order chi connectivity index (χ1) is 22.6. The number of anilines is 1. The van der Waals surface area contributed by atoms with E-state index >= 15 is 0 Å². The first-order valence-electron chi connectivity index (χ1n) is 15.6. The molecule has 1 saturated heterocycles. The van der Waals surface area contributed by atoms with Crippen LogP contribution in [0.5, 0.6) is 5.75 Å². The lowest BCUT2D eigenvalue weighted by Gasteiger charge is -2.36. The number of imide groups is 1. The summed E-state index contributed by atoms with van der Waals surface area (Å²) in [6, 6.07) is 11.3. The number of halogens is 6. The Morgan fingerprint density at radius 1 is 0.958 bits per heavy atom. The number of aliphatic hydroxyl groups is 2. The Kier molecular flexibility index (Phi) is 9.81. The molecule has 48 heavy (non-hydrogen) atoms. The quantitative estimate of drug-likeness (QED) is 0.121. The zero-order valence-electron chi connectivity index (χ0n) is 26.2. The standard InChI is InChI=1S/C36H35F6NO5/c1-3-6-21-14-27-32(34(48)43(33(27)47)24-16-22(35(37,38)39)15-23(17-24)36(40,41)42)28(18-44)31(21)30(46)11-9-19(2)13-20-10-12-29(45)26-8-5-4-7-25(20)26/h4-5,7-8,10,12-13,15-17,27-28,30,32,44-46H,3,6,9,11,14,18H2,1-2H3/b19-13+/t27-,28+,30-,32-/m1/s1. The molecule has 0 radical (unpaired) electrons. The Bertz CT molecular complexity index is 1760. The average Bonchev–Trinajstić information content (AvgIpc) is 3.28. The molecule has 0 spiro atoms. The van der Waals surface area contributed by atoms with Crippen LogP contribution in [0.4, 0.5) is 32.0 Å². The number of carbonyl (C=O) groups is 2. The molecule has 1 aliphatic heterocycles. The van der Waals surface area contributed by atoms with E-state index in [0.717, 1.165) is 16.5 Å². The molecule has 4 atom stereocenters. The predicted molar refractivity (Wildman–Crippen MR) is 168 cm³/mol. The summed E-state index contributed by atoms with van der Waals surface area (Å²) >= 11 is 0. The number of phenolic OH excluding ortho intramolecular Hbond substituents is 1. The van der Waals surface area contributed by atoms with Crippen molar-refractivity contribution in [2.24, 2.45) is 17.8 Å². The summed E-state index contributed by atoms with van der Waals surface area (Å²) in [7, 11) is 0. The summed E-state index contributed by atoms with van der Waals surface area (Å²) in [5.74, 6) is -5.30. The van der Waals surface area contributed by atoms with Crippen LogP contribution in [0.25, 0.3) is 16.8 Å². The van der Waals surface area contributed by atoms with Crippen molar-refractivity contribution in [1.29, 1.82) is 0 Å². The number of aliphatic hydroxyl groups excluding tert-OH is 2. The Morgan fingerprint density at radius 2 is 1.58 bits per heavy atom. The minimum absolute atomic E-state index is 0.0259. The van der Waals surface area contributed by atoms with Crippen LogP contribution >= 0.6 is 0 Å². The number of hydrogen-bond donors (Lipinski definition) is 3. The van der Waals surface area contributed by atoms with Crippen LogP contribution in [0, 0.1) is 17.8 Å². The summed E-state index contributed by atoms with van der Waals surface area (Å²) in [4.78, 5) is 27.8. The van der Waals surface area contributed by atoms with E-state index in [1.165, 1.54) is 0 Å². The molecule has 0 unspecified atom stereocenters. The summed E-state index contributed by atoms with van der Waals surface area (Å²) in [6.45, 7) is 3.07. The second-order valence-electron chi connectivity index (χ2n) is 12.5. The van der Waals surface area contributed by atoms with Crippen LogP contribution < -0.4 is 4.90 Å². The Labute approximate surface area is 273 Å². The van der Waals surface area contributed by atoms with Gasteiger partial charge in [-0.1, -0.05) is 60.9 Å². The highest BCUT2D eigenvalue weighted by molar-refractivity contribution is 6.22. The van der Waals surface area contributed by atoms with Gasteiger partial charge in [-0.3, -0.25) is 9.59 Å². The maximum Gasteiger partial charge on any atom is 0.416 e. The van der Waals surface area contributed by atoms with E-state index < -0.39 is 71.4 Å². The maximum atomic E-state index is 13.8. The molecule has 2 amide bonds. The van der Waals surface area contributed by atoms with E-state index in [-0.39, 0.29) is 24.7 Å². The highest BCUT2D eigenvalue weighted by atomic mass is 19.4. The Morgan fingerprint density at radius 3 is 2.17 bits per heavy atom. The monoisotopic (exact) mass is 675 g/mol. The van der Waals surface area contributed by atoms with Gasteiger partial charge in [0.05, 0.1) is 41.4 Å². The topological polar surface area (TPSA) is 98.1 Å². The van der Waals surface area contributed by atoms with Crippen molar-refractivity contribution in [3.8, 4) is 5.75 Å². The first-order valence-corrected chi connectivity index (χ1v) is 15.6. The average molecular weight is 676 g/mol. The van der Waals surface area contributed by atoms with Crippen LogP contribution in [-0.4, -0.2) is 39.8 Å². The van der Waals surface area contributed by atoms with Gasteiger partial charge < -0.3 is 15.3 Å². The number of carbonyl (C=O) groups excluding carboxylic acids is 2. The van der Waals surface area contributed by atoms with Gasteiger partial charge in [-0.25, -0.2) is 4.90 Å². The number of rotatable bonds is 9. The largest absolute Gasteiger partial charge is 0.507 e. The van der Waals surface area contributed by atoms with Crippen molar-refractivity contribution in [1.82, 2.24) is 0 Å². The van der Waals surface area contributed by atoms with Crippen molar-refractivity contribution in [2.45, 2.75) is 64.4 Å². The predicted octanol–water partition coefficient (Wildman–Crippen LogP) is 8.04. The molecule has 0 bridgehead atoms. The molecule has 5 rings (SSSR count). The van der Waals surface area contributed by atoms with Gasteiger partial charge >= 0.3 is 12.4 Å². The minimum Gasteiger partial charge on any atom is -0.507 e. The van der Waals surface area contributed by atoms with Crippen LogP contribution in [-0.2, 0) is 21.9 Å². The molecule has 1 aliphatic carbocycles. The van der Waals surface area contributed by atoms with Crippen molar-refractivity contribution in [3.63, 3.8) is 0 Å². The number of benzene rings is 3. The van der Waals surface area contributed by atoms with Crippen molar-refractivity contribution in [2.75, 3.05) is 11.5 Å². The van der Waals surface area contributed by atoms with Gasteiger partial charge in [-0.15, -0.1) is 0 Å².